The molecule has 1 unspecified atom stereocenters. The first-order valence-corrected chi connectivity index (χ1v) is 14.1. The van der Waals surface area contributed by atoms with Crippen molar-refractivity contribution in [3.05, 3.63) is 121 Å². The minimum atomic E-state index is -1.50. The number of nitrogens with one attached hydrogen (secondary N) is 2. The molecule has 0 radical (unpaired) electrons. The standard InChI is InChI=1S/C28H17Cl5N2O4S/c29-15-7-4-8-17(13-15)35-27(37)25(14-5-2-1-3-6-14)40-18-11-9-16(10-12-18)34-26(36)19-20(28(38)39)22(31)24(33)23(32)21(19)30/h1-13,25H,(H,34,36)(H,35,37)(H,38,39). The third-order valence-electron chi connectivity index (χ3n) is 5.51. The fraction of sp³-hybridized carbons (Fsp3) is 0.0357. The van der Waals surface area contributed by atoms with E-state index in [1.807, 2.05) is 30.3 Å². The van der Waals surface area contributed by atoms with Gasteiger partial charge < -0.3 is 15.7 Å². The molecule has 0 aliphatic carbocycles. The Morgan fingerprint density at radius 1 is 0.675 bits per heavy atom. The lowest BCUT2D eigenvalue weighted by Gasteiger charge is -2.18. The lowest BCUT2D eigenvalue weighted by atomic mass is 10.1. The number of thioether (sulfide) groups is 1. The molecule has 12 heteroatoms. The van der Waals surface area contributed by atoms with E-state index in [0.29, 0.717) is 16.4 Å². The first-order valence-electron chi connectivity index (χ1n) is 11.4. The Hall–Kier alpha value is -2.91. The van der Waals surface area contributed by atoms with Gasteiger partial charge in [0, 0.05) is 21.3 Å². The molecule has 0 fully saturated rings. The van der Waals surface area contributed by atoms with Gasteiger partial charge in [0.05, 0.1) is 31.2 Å². The number of hydrogen-bond acceptors (Lipinski definition) is 4. The maximum atomic E-state index is 13.3. The highest BCUT2D eigenvalue weighted by molar-refractivity contribution is 8.00. The number of carbonyl (C=O) groups is 3. The molecule has 0 saturated heterocycles. The summed E-state index contributed by atoms with van der Waals surface area (Å²) in [7, 11) is 0. The summed E-state index contributed by atoms with van der Waals surface area (Å²) in [5, 5.41) is 13.7. The zero-order chi connectivity index (χ0) is 29.0. The Kier molecular flexibility index (Phi) is 9.90. The van der Waals surface area contributed by atoms with Gasteiger partial charge in [0.1, 0.15) is 5.25 Å². The van der Waals surface area contributed by atoms with E-state index in [2.05, 4.69) is 10.6 Å². The number of benzene rings is 4. The van der Waals surface area contributed by atoms with E-state index in [1.54, 1.807) is 48.5 Å². The lowest BCUT2D eigenvalue weighted by Crippen LogP contribution is -2.19. The zero-order valence-corrected chi connectivity index (χ0v) is 24.6. The number of carbonyl (C=O) groups excluding carboxylic acids is 2. The summed E-state index contributed by atoms with van der Waals surface area (Å²) in [5.74, 6) is -2.58. The van der Waals surface area contributed by atoms with E-state index in [-0.39, 0.29) is 21.0 Å². The number of hydrogen-bond donors (Lipinski definition) is 3. The molecule has 1 atom stereocenters. The van der Waals surface area contributed by atoms with Crippen LogP contribution in [0.1, 0.15) is 31.5 Å². The summed E-state index contributed by atoms with van der Waals surface area (Å²) in [6.07, 6.45) is 0. The minimum absolute atomic E-state index is 0.238. The predicted molar refractivity (Wildman–Crippen MR) is 163 cm³/mol. The molecule has 0 aromatic heterocycles. The van der Waals surface area contributed by atoms with Crippen molar-refractivity contribution in [1.82, 2.24) is 0 Å². The van der Waals surface area contributed by atoms with Gasteiger partial charge in [0.2, 0.25) is 5.91 Å². The van der Waals surface area contributed by atoms with Gasteiger partial charge >= 0.3 is 5.97 Å². The SMILES string of the molecule is O=C(O)c1c(Cl)c(Cl)c(Cl)c(Cl)c1C(=O)Nc1ccc(SC(C(=O)Nc2cccc(Cl)c2)c2ccccc2)cc1. The van der Waals surface area contributed by atoms with Crippen molar-refractivity contribution >= 4 is 98.9 Å². The molecule has 0 bridgehead atoms. The van der Waals surface area contributed by atoms with Crippen LogP contribution in [0, 0.1) is 0 Å². The predicted octanol–water partition coefficient (Wildman–Crippen LogP) is 9.38. The van der Waals surface area contributed by atoms with Crippen LogP contribution in [0.2, 0.25) is 25.1 Å². The number of carboxylic acids is 1. The molecule has 0 saturated carbocycles. The van der Waals surface area contributed by atoms with Crippen LogP contribution in [0.25, 0.3) is 0 Å². The molecule has 6 nitrogen and oxygen atoms in total. The molecule has 4 aromatic rings. The quantitative estimate of drug-likeness (QED) is 0.1000. The normalized spacial score (nSPS) is 11.5. The summed E-state index contributed by atoms with van der Waals surface area (Å²) >= 11 is 31.6. The zero-order valence-electron chi connectivity index (χ0n) is 20.1. The van der Waals surface area contributed by atoms with Crippen molar-refractivity contribution in [1.29, 1.82) is 0 Å². The maximum absolute atomic E-state index is 13.3. The Morgan fingerprint density at radius 2 is 1.30 bits per heavy atom. The van der Waals surface area contributed by atoms with Crippen LogP contribution in [0.15, 0.2) is 83.8 Å². The second kappa shape index (κ2) is 13.2. The summed E-state index contributed by atoms with van der Waals surface area (Å²) < 4.78 is 0. The average molecular weight is 655 g/mol. The van der Waals surface area contributed by atoms with Crippen LogP contribution in [-0.4, -0.2) is 22.9 Å². The van der Waals surface area contributed by atoms with Gasteiger partial charge in [-0.15, -0.1) is 11.8 Å². The lowest BCUT2D eigenvalue weighted by molar-refractivity contribution is -0.115. The van der Waals surface area contributed by atoms with E-state index >= 15 is 0 Å². The first-order chi connectivity index (χ1) is 19.1. The molecule has 0 spiro atoms. The summed E-state index contributed by atoms with van der Waals surface area (Å²) in [4.78, 5) is 38.8. The summed E-state index contributed by atoms with van der Waals surface area (Å²) in [6, 6.07) is 22.8. The van der Waals surface area contributed by atoms with Gasteiger partial charge in [-0.1, -0.05) is 94.4 Å². The van der Waals surface area contributed by atoms with Gasteiger partial charge in [-0.25, -0.2) is 4.79 Å². The van der Waals surface area contributed by atoms with Gasteiger partial charge in [0.15, 0.2) is 0 Å². The second-order valence-corrected chi connectivity index (χ2v) is 11.3. The van der Waals surface area contributed by atoms with Gasteiger partial charge in [-0.2, -0.15) is 0 Å². The van der Waals surface area contributed by atoms with Crippen LogP contribution in [-0.2, 0) is 4.79 Å². The molecule has 204 valence electrons. The van der Waals surface area contributed by atoms with Crippen LogP contribution >= 0.6 is 69.8 Å². The minimum Gasteiger partial charge on any atom is -0.478 e. The van der Waals surface area contributed by atoms with Gasteiger partial charge in [-0.3, -0.25) is 9.59 Å². The fourth-order valence-electron chi connectivity index (χ4n) is 3.67. The molecule has 0 aliphatic heterocycles. The number of aromatic carboxylic acids is 1. The Morgan fingerprint density at radius 3 is 1.90 bits per heavy atom. The van der Waals surface area contributed by atoms with Crippen molar-refractivity contribution < 1.29 is 19.5 Å². The summed E-state index contributed by atoms with van der Waals surface area (Å²) in [6.45, 7) is 0. The van der Waals surface area contributed by atoms with Crippen molar-refractivity contribution in [3.63, 3.8) is 0 Å². The fourth-order valence-corrected chi connectivity index (χ4v) is 5.90. The van der Waals surface area contributed by atoms with Crippen LogP contribution < -0.4 is 10.6 Å². The second-order valence-electron chi connectivity index (χ2n) is 8.20. The number of halogens is 5. The third kappa shape index (κ3) is 6.86. The van der Waals surface area contributed by atoms with E-state index in [4.69, 9.17) is 58.0 Å². The maximum Gasteiger partial charge on any atom is 0.338 e. The Labute approximate surface area is 258 Å². The summed E-state index contributed by atoms with van der Waals surface area (Å²) in [5.41, 5.74) is 0.704. The van der Waals surface area contributed by atoms with Gasteiger partial charge in [-0.05, 0) is 48.0 Å². The van der Waals surface area contributed by atoms with E-state index in [9.17, 15) is 19.5 Å². The molecular formula is C28H17Cl5N2O4S. The van der Waals surface area contributed by atoms with Crippen molar-refractivity contribution in [2.45, 2.75) is 10.1 Å². The van der Waals surface area contributed by atoms with Gasteiger partial charge in [0.25, 0.3) is 5.91 Å². The van der Waals surface area contributed by atoms with Crippen LogP contribution in [0.3, 0.4) is 0 Å². The molecule has 4 aromatic carbocycles. The monoisotopic (exact) mass is 652 g/mol. The Balaban J connectivity index is 1.56. The highest BCUT2D eigenvalue weighted by Crippen LogP contribution is 2.42. The average Bonchev–Trinajstić information content (AvgIpc) is 2.93. The third-order valence-corrected chi connectivity index (χ3v) is 8.81. The molecule has 40 heavy (non-hydrogen) atoms. The Bertz CT molecular complexity index is 1600. The van der Waals surface area contributed by atoms with Crippen LogP contribution in [0.4, 0.5) is 11.4 Å². The molecule has 0 heterocycles. The van der Waals surface area contributed by atoms with Crippen molar-refractivity contribution in [2.75, 3.05) is 10.6 Å². The van der Waals surface area contributed by atoms with Crippen LogP contribution in [0.5, 0.6) is 0 Å². The smallest absolute Gasteiger partial charge is 0.338 e. The number of rotatable bonds is 8. The first kappa shape index (κ1) is 30.1. The van der Waals surface area contributed by atoms with E-state index in [0.717, 1.165) is 10.5 Å². The number of anilines is 2. The molecule has 4 rings (SSSR count). The van der Waals surface area contributed by atoms with E-state index in [1.165, 1.54) is 11.8 Å². The highest BCUT2D eigenvalue weighted by atomic mass is 35.5. The molecule has 2 amide bonds. The molecule has 0 aliphatic rings. The topological polar surface area (TPSA) is 95.5 Å². The number of amides is 2. The van der Waals surface area contributed by atoms with Crippen molar-refractivity contribution in [3.8, 4) is 0 Å². The van der Waals surface area contributed by atoms with Crippen molar-refractivity contribution in [2.24, 2.45) is 0 Å². The molecular weight excluding hydrogens is 638 g/mol. The number of carboxylic acid groups (broad SMARTS) is 1. The van der Waals surface area contributed by atoms with E-state index < -0.39 is 33.3 Å². The molecule has 3 N–H and O–H groups in total. The largest absolute Gasteiger partial charge is 0.478 e. The highest BCUT2D eigenvalue weighted by Gasteiger charge is 2.29.